The van der Waals surface area contributed by atoms with Gasteiger partial charge in [-0.15, -0.1) is 0 Å². The van der Waals surface area contributed by atoms with Gasteiger partial charge in [0, 0.05) is 0 Å². The van der Waals surface area contributed by atoms with Crippen LogP contribution in [0.1, 0.15) is 62.6 Å². The average Bonchev–Trinajstić information content (AvgIpc) is 3.55. The second-order valence-corrected chi connectivity index (χ2v) is 9.82. The first kappa shape index (κ1) is 21.6. The molecule has 0 radical (unpaired) electrons. The molecule has 0 saturated carbocycles. The van der Waals surface area contributed by atoms with Gasteiger partial charge in [0.1, 0.15) is 11.6 Å². The smallest absolute Gasteiger partial charge is 0.123 e. The van der Waals surface area contributed by atoms with Gasteiger partial charge in [-0.25, -0.2) is 9.97 Å². The number of nitrogens with two attached hydrogens (primary N) is 2. The van der Waals surface area contributed by atoms with Crippen molar-refractivity contribution in [2.24, 2.45) is 23.3 Å². The lowest BCUT2D eigenvalue weighted by atomic mass is 10.0. The molecule has 2 heterocycles. The summed E-state index contributed by atoms with van der Waals surface area (Å²) in [4.78, 5) is 15.9. The van der Waals surface area contributed by atoms with E-state index in [4.69, 9.17) is 11.5 Å². The van der Waals surface area contributed by atoms with Gasteiger partial charge in [-0.1, -0.05) is 52.0 Å². The summed E-state index contributed by atoms with van der Waals surface area (Å²) in [6, 6.07) is 13.1. The first-order valence-electron chi connectivity index (χ1n) is 11.7. The van der Waals surface area contributed by atoms with Crippen LogP contribution in [0.3, 0.4) is 0 Å². The standard InChI is InChI=1S/C27H32N6/c1-14(2)24(28)26-30-12-22(32-26)16-5-7-20-18(9-16)11-19-10-17(6-8-21(19)20)23-13-31-27(33-23)25(29)15(3)4/h5-10,12-15,24-25H,11,28-29H2,1-4H3,(H,30,32)(H,31,33)/t24-,25-/m0/s1. The summed E-state index contributed by atoms with van der Waals surface area (Å²) in [6.07, 6.45) is 4.68. The van der Waals surface area contributed by atoms with E-state index in [9.17, 15) is 0 Å². The van der Waals surface area contributed by atoms with Gasteiger partial charge in [-0.3, -0.25) is 0 Å². The zero-order chi connectivity index (χ0) is 23.3. The fourth-order valence-corrected chi connectivity index (χ4v) is 4.48. The van der Waals surface area contributed by atoms with E-state index in [0.717, 1.165) is 40.6 Å². The molecule has 6 N–H and O–H groups in total. The minimum atomic E-state index is -0.0889. The van der Waals surface area contributed by atoms with Gasteiger partial charge in [-0.05, 0) is 63.8 Å². The maximum atomic E-state index is 6.26. The SMILES string of the molecule is CC(C)[C@H](N)c1ncc(-c2ccc3c(c2)Cc2cc(-c4cnc([C@@H](N)C(C)C)[nH]4)ccc2-3)[nH]1. The van der Waals surface area contributed by atoms with Gasteiger partial charge < -0.3 is 21.4 Å². The fourth-order valence-electron chi connectivity index (χ4n) is 4.48. The highest BCUT2D eigenvalue weighted by atomic mass is 15.0. The van der Waals surface area contributed by atoms with Crippen molar-refractivity contribution in [1.82, 2.24) is 19.9 Å². The van der Waals surface area contributed by atoms with Crippen LogP contribution in [0.4, 0.5) is 0 Å². The van der Waals surface area contributed by atoms with Crippen molar-refractivity contribution >= 4 is 0 Å². The van der Waals surface area contributed by atoms with E-state index in [1.54, 1.807) is 0 Å². The van der Waals surface area contributed by atoms with Gasteiger partial charge in [0.05, 0.1) is 35.9 Å². The summed E-state index contributed by atoms with van der Waals surface area (Å²) >= 11 is 0. The third kappa shape index (κ3) is 3.90. The molecular formula is C27H32N6. The van der Waals surface area contributed by atoms with Crippen molar-refractivity contribution in [3.8, 4) is 33.6 Å². The number of benzene rings is 2. The Kier molecular flexibility index (Phi) is 5.43. The summed E-state index contributed by atoms with van der Waals surface area (Å²) < 4.78 is 0. The van der Waals surface area contributed by atoms with Gasteiger partial charge >= 0.3 is 0 Å². The molecule has 2 aromatic heterocycles. The largest absolute Gasteiger partial charge is 0.341 e. The Bertz CT molecular complexity index is 1200. The molecule has 0 spiro atoms. The second-order valence-electron chi connectivity index (χ2n) is 9.82. The Morgan fingerprint density at radius 2 is 1.12 bits per heavy atom. The van der Waals surface area contributed by atoms with Crippen molar-refractivity contribution in [3.05, 3.63) is 71.6 Å². The number of nitrogens with zero attached hydrogens (tertiary/aromatic N) is 2. The molecule has 1 aliphatic rings. The van der Waals surface area contributed by atoms with Crippen LogP contribution in [0.15, 0.2) is 48.8 Å². The topological polar surface area (TPSA) is 109 Å². The van der Waals surface area contributed by atoms with Gasteiger partial charge in [0.2, 0.25) is 0 Å². The number of hydrogen-bond acceptors (Lipinski definition) is 4. The minimum absolute atomic E-state index is 0.0889. The number of H-pyrrole nitrogens is 2. The molecule has 5 rings (SSSR count). The quantitative estimate of drug-likeness (QED) is 0.285. The summed E-state index contributed by atoms with van der Waals surface area (Å²) in [5, 5.41) is 0. The predicted octanol–water partition coefficient (Wildman–Crippen LogP) is 5.35. The van der Waals surface area contributed by atoms with E-state index in [0.29, 0.717) is 11.8 Å². The number of imidazole rings is 2. The molecule has 0 bridgehead atoms. The minimum Gasteiger partial charge on any atom is -0.341 e. The summed E-state index contributed by atoms with van der Waals surface area (Å²) in [7, 11) is 0. The molecule has 170 valence electrons. The van der Waals surface area contributed by atoms with Crippen LogP contribution >= 0.6 is 0 Å². The molecular weight excluding hydrogens is 408 g/mol. The van der Waals surface area contributed by atoms with Crippen LogP contribution < -0.4 is 11.5 Å². The van der Waals surface area contributed by atoms with Crippen LogP contribution in [0, 0.1) is 11.8 Å². The summed E-state index contributed by atoms with van der Waals surface area (Å²) in [5.41, 5.74) is 22.1. The Morgan fingerprint density at radius 1 is 0.697 bits per heavy atom. The Hall–Kier alpha value is -3.22. The Morgan fingerprint density at radius 3 is 1.52 bits per heavy atom. The number of hydrogen-bond donors (Lipinski definition) is 4. The molecule has 0 unspecified atom stereocenters. The molecule has 0 fully saturated rings. The lowest BCUT2D eigenvalue weighted by molar-refractivity contribution is 0.494. The average molecular weight is 441 g/mol. The Balaban J connectivity index is 1.41. The highest BCUT2D eigenvalue weighted by Crippen LogP contribution is 2.40. The van der Waals surface area contributed by atoms with Gasteiger partial charge in [0.25, 0.3) is 0 Å². The van der Waals surface area contributed by atoms with E-state index < -0.39 is 0 Å². The monoisotopic (exact) mass is 440 g/mol. The molecule has 0 aliphatic heterocycles. The molecule has 0 saturated heterocycles. The van der Waals surface area contributed by atoms with E-state index >= 15 is 0 Å². The lowest BCUT2D eigenvalue weighted by Gasteiger charge is -2.12. The third-order valence-corrected chi connectivity index (χ3v) is 6.76. The van der Waals surface area contributed by atoms with Crippen molar-refractivity contribution in [3.63, 3.8) is 0 Å². The first-order chi connectivity index (χ1) is 15.8. The van der Waals surface area contributed by atoms with Crippen LogP contribution in [-0.2, 0) is 6.42 Å². The lowest BCUT2D eigenvalue weighted by Crippen LogP contribution is -2.18. The molecule has 6 heteroatoms. The molecule has 2 aromatic carbocycles. The maximum Gasteiger partial charge on any atom is 0.123 e. The molecule has 0 amide bonds. The second kappa shape index (κ2) is 8.28. The number of nitrogens with one attached hydrogen (secondary N) is 2. The normalized spacial score (nSPS) is 14.5. The van der Waals surface area contributed by atoms with Gasteiger partial charge in [-0.2, -0.15) is 0 Å². The van der Waals surface area contributed by atoms with Crippen molar-refractivity contribution in [2.45, 2.75) is 46.2 Å². The van der Waals surface area contributed by atoms with E-state index in [1.807, 2.05) is 12.4 Å². The third-order valence-electron chi connectivity index (χ3n) is 6.76. The number of fused-ring (bicyclic) bond motifs is 3. The van der Waals surface area contributed by atoms with Crippen molar-refractivity contribution in [2.75, 3.05) is 0 Å². The fraction of sp³-hybridized carbons (Fsp3) is 0.333. The number of rotatable bonds is 6. The zero-order valence-electron chi connectivity index (χ0n) is 19.7. The van der Waals surface area contributed by atoms with Crippen LogP contribution in [0.2, 0.25) is 0 Å². The molecule has 2 atom stereocenters. The number of aromatic nitrogens is 4. The van der Waals surface area contributed by atoms with Crippen LogP contribution in [-0.4, -0.2) is 19.9 Å². The summed E-state index contributed by atoms with van der Waals surface area (Å²) in [5.74, 6) is 2.34. The molecule has 4 aromatic rings. The van der Waals surface area contributed by atoms with E-state index in [-0.39, 0.29) is 12.1 Å². The molecule has 1 aliphatic carbocycles. The highest BCUT2D eigenvalue weighted by Gasteiger charge is 2.21. The first-order valence-corrected chi connectivity index (χ1v) is 11.7. The van der Waals surface area contributed by atoms with Crippen molar-refractivity contribution < 1.29 is 0 Å². The zero-order valence-corrected chi connectivity index (χ0v) is 19.7. The Labute approximate surface area is 194 Å². The summed E-state index contributed by atoms with van der Waals surface area (Å²) in [6.45, 7) is 8.43. The number of aromatic amines is 2. The van der Waals surface area contributed by atoms with E-state index in [1.165, 1.54) is 22.3 Å². The van der Waals surface area contributed by atoms with E-state index in [2.05, 4.69) is 84.0 Å². The molecule has 6 nitrogen and oxygen atoms in total. The highest BCUT2D eigenvalue weighted by molar-refractivity contribution is 5.81. The molecule has 33 heavy (non-hydrogen) atoms. The van der Waals surface area contributed by atoms with Crippen LogP contribution in [0.25, 0.3) is 33.6 Å². The van der Waals surface area contributed by atoms with Gasteiger partial charge in [0.15, 0.2) is 0 Å². The van der Waals surface area contributed by atoms with Crippen molar-refractivity contribution in [1.29, 1.82) is 0 Å². The van der Waals surface area contributed by atoms with Crippen LogP contribution in [0.5, 0.6) is 0 Å². The predicted molar refractivity (Wildman–Crippen MR) is 133 cm³/mol. The maximum absolute atomic E-state index is 6.26.